The van der Waals surface area contributed by atoms with Gasteiger partial charge in [-0.25, -0.2) is 8.42 Å². The molecule has 1 aliphatic rings. The van der Waals surface area contributed by atoms with Gasteiger partial charge >= 0.3 is 0 Å². The summed E-state index contributed by atoms with van der Waals surface area (Å²) in [5, 5.41) is 0. The van der Waals surface area contributed by atoms with Crippen molar-refractivity contribution < 1.29 is 13.2 Å². The van der Waals surface area contributed by atoms with E-state index in [9.17, 15) is 8.42 Å². The molecule has 1 saturated heterocycles. The molecule has 3 rings (SSSR count). The first kappa shape index (κ1) is 23.8. The number of benzene rings is 2. The molecule has 0 N–H and O–H groups in total. The highest BCUT2D eigenvalue weighted by Crippen LogP contribution is 2.27. The first-order chi connectivity index (χ1) is 15.0. The molecule has 6 heteroatoms. The van der Waals surface area contributed by atoms with E-state index in [1.807, 2.05) is 12.1 Å². The molecule has 1 fully saturated rings. The lowest BCUT2D eigenvalue weighted by Gasteiger charge is -2.38. The Balaban J connectivity index is 1.58. The number of unbranched alkanes of at least 4 members (excludes halogenated alkanes) is 3. The molecule has 2 aromatic carbocycles. The van der Waals surface area contributed by atoms with Gasteiger partial charge in [0.05, 0.1) is 16.9 Å². The van der Waals surface area contributed by atoms with E-state index >= 15 is 0 Å². The molecule has 1 atom stereocenters. The second-order valence-electron chi connectivity index (χ2n) is 8.36. The zero-order valence-electron chi connectivity index (χ0n) is 19.1. The first-order valence-corrected chi connectivity index (χ1v) is 12.9. The van der Waals surface area contributed by atoms with E-state index in [0.717, 1.165) is 31.7 Å². The van der Waals surface area contributed by atoms with Gasteiger partial charge in [0, 0.05) is 32.2 Å². The molecule has 31 heavy (non-hydrogen) atoms. The molecular weight excluding hydrogens is 408 g/mol. The van der Waals surface area contributed by atoms with Gasteiger partial charge in [-0.15, -0.1) is 0 Å². The number of nitrogens with zero attached hydrogens (tertiary/aromatic N) is 2. The van der Waals surface area contributed by atoms with Crippen LogP contribution in [-0.4, -0.2) is 58.1 Å². The van der Waals surface area contributed by atoms with E-state index in [0.29, 0.717) is 10.6 Å². The summed E-state index contributed by atoms with van der Waals surface area (Å²) in [5.41, 5.74) is 1.16. The monoisotopic (exact) mass is 444 g/mol. The Morgan fingerprint density at radius 3 is 2.00 bits per heavy atom. The zero-order chi connectivity index (χ0) is 22.3. The summed E-state index contributed by atoms with van der Waals surface area (Å²) in [7, 11) is -1.96. The summed E-state index contributed by atoms with van der Waals surface area (Å²) in [5.74, 6) is 0.643. The normalized spacial score (nSPS) is 16.9. The van der Waals surface area contributed by atoms with Crippen molar-refractivity contribution >= 4 is 9.84 Å². The van der Waals surface area contributed by atoms with E-state index in [2.05, 4.69) is 23.6 Å². The van der Waals surface area contributed by atoms with Gasteiger partial charge in [-0.05, 0) is 61.9 Å². The predicted octanol–water partition coefficient (Wildman–Crippen LogP) is 4.79. The quantitative estimate of drug-likeness (QED) is 0.493. The third kappa shape index (κ3) is 6.09. The Hall–Kier alpha value is -1.89. The second-order valence-corrected chi connectivity index (χ2v) is 10.3. The molecule has 0 spiro atoms. The number of piperazine rings is 1. The van der Waals surface area contributed by atoms with Crippen molar-refractivity contribution in [2.45, 2.75) is 55.4 Å². The molecule has 0 amide bonds. The number of ether oxygens (including phenoxy) is 1. The van der Waals surface area contributed by atoms with Crippen molar-refractivity contribution in [1.82, 2.24) is 9.80 Å². The third-order valence-electron chi connectivity index (χ3n) is 6.33. The maximum absolute atomic E-state index is 12.9. The van der Waals surface area contributed by atoms with Crippen LogP contribution in [0.3, 0.4) is 0 Å². The molecule has 1 heterocycles. The number of hydrogen-bond donors (Lipinski definition) is 0. The van der Waals surface area contributed by atoms with Crippen LogP contribution in [0.4, 0.5) is 0 Å². The molecule has 0 radical (unpaired) electrons. The number of sulfone groups is 1. The Labute approximate surface area is 187 Å². The van der Waals surface area contributed by atoms with Crippen LogP contribution in [0.1, 0.15) is 51.1 Å². The molecule has 2 aromatic rings. The average molecular weight is 445 g/mol. The summed E-state index contributed by atoms with van der Waals surface area (Å²) in [6.45, 7) is 10.0. The van der Waals surface area contributed by atoms with Crippen LogP contribution in [0, 0.1) is 0 Å². The SMILES string of the molecule is CCCCCCN1CCN(C(C)c2ccc(S(=O)(=O)c3ccc(OC)cc3)cc2)CC1. The van der Waals surface area contributed by atoms with Gasteiger partial charge in [-0.3, -0.25) is 4.90 Å². The van der Waals surface area contributed by atoms with Gasteiger partial charge in [-0.1, -0.05) is 38.3 Å². The summed E-state index contributed by atoms with van der Waals surface area (Å²) in [4.78, 5) is 5.67. The summed E-state index contributed by atoms with van der Waals surface area (Å²) < 4.78 is 31.0. The molecule has 0 saturated carbocycles. The summed E-state index contributed by atoms with van der Waals surface area (Å²) >= 11 is 0. The summed E-state index contributed by atoms with van der Waals surface area (Å²) in [6.07, 6.45) is 5.25. The van der Waals surface area contributed by atoms with Crippen LogP contribution in [0.15, 0.2) is 58.3 Å². The largest absolute Gasteiger partial charge is 0.497 e. The van der Waals surface area contributed by atoms with Crippen molar-refractivity contribution in [1.29, 1.82) is 0 Å². The second kappa shape index (κ2) is 11.1. The van der Waals surface area contributed by atoms with Crippen LogP contribution < -0.4 is 4.74 Å². The molecule has 0 aliphatic carbocycles. The van der Waals surface area contributed by atoms with Gasteiger partial charge in [0.1, 0.15) is 5.75 Å². The van der Waals surface area contributed by atoms with Crippen molar-refractivity contribution in [3.8, 4) is 5.75 Å². The number of hydrogen-bond acceptors (Lipinski definition) is 5. The molecule has 0 aromatic heterocycles. The van der Waals surface area contributed by atoms with Crippen molar-refractivity contribution in [2.24, 2.45) is 0 Å². The minimum atomic E-state index is -3.53. The van der Waals surface area contributed by atoms with Crippen LogP contribution in [0.2, 0.25) is 0 Å². The highest BCUT2D eigenvalue weighted by atomic mass is 32.2. The minimum Gasteiger partial charge on any atom is -0.497 e. The van der Waals surface area contributed by atoms with E-state index in [-0.39, 0.29) is 10.9 Å². The van der Waals surface area contributed by atoms with Crippen molar-refractivity contribution in [2.75, 3.05) is 39.8 Å². The number of rotatable bonds is 10. The van der Waals surface area contributed by atoms with Gasteiger partial charge < -0.3 is 9.64 Å². The van der Waals surface area contributed by atoms with Gasteiger partial charge in [0.2, 0.25) is 9.84 Å². The minimum absolute atomic E-state index is 0.278. The predicted molar refractivity (Wildman–Crippen MR) is 125 cm³/mol. The number of methoxy groups -OCH3 is 1. The Bertz CT molecular complexity index is 903. The molecule has 1 aliphatic heterocycles. The average Bonchev–Trinajstić information content (AvgIpc) is 2.82. The lowest BCUT2D eigenvalue weighted by Crippen LogP contribution is -2.47. The van der Waals surface area contributed by atoms with E-state index in [1.54, 1.807) is 43.5 Å². The van der Waals surface area contributed by atoms with Crippen molar-refractivity contribution in [3.05, 3.63) is 54.1 Å². The fraction of sp³-hybridized carbons (Fsp3) is 0.520. The maximum Gasteiger partial charge on any atom is 0.206 e. The maximum atomic E-state index is 12.9. The Morgan fingerprint density at radius 2 is 1.45 bits per heavy atom. The van der Waals surface area contributed by atoms with Crippen LogP contribution in [0.5, 0.6) is 5.75 Å². The van der Waals surface area contributed by atoms with Crippen LogP contribution in [-0.2, 0) is 9.84 Å². The molecule has 5 nitrogen and oxygen atoms in total. The van der Waals surface area contributed by atoms with E-state index in [4.69, 9.17) is 4.74 Å². The van der Waals surface area contributed by atoms with Gasteiger partial charge in [-0.2, -0.15) is 0 Å². The van der Waals surface area contributed by atoms with Crippen LogP contribution in [0.25, 0.3) is 0 Å². The molecule has 1 unspecified atom stereocenters. The Kier molecular flexibility index (Phi) is 8.52. The van der Waals surface area contributed by atoms with Gasteiger partial charge in [0.25, 0.3) is 0 Å². The molecule has 170 valence electrons. The third-order valence-corrected chi connectivity index (χ3v) is 8.11. The molecular formula is C25H36N2O3S. The smallest absolute Gasteiger partial charge is 0.206 e. The Morgan fingerprint density at radius 1 is 0.871 bits per heavy atom. The lowest BCUT2D eigenvalue weighted by molar-refractivity contribution is 0.101. The highest BCUT2D eigenvalue weighted by molar-refractivity contribution is 7.91. The fourth-order valence-corrected chi connectivity index (χ4v) is 5.42. The van der Waals surface area contributed by atoms with E-state index in [1.165, 1.54) is 32.2 Å². The van der Waals surface area contributed by atoms with Gasteiger partial charge in [0.15, 0.2) is 0 Å². The van der Waals surface area contributed by atoms with Crippen LogP contribution >= 0.6 is 0 Å². The lowest BCUT2D eigenvalue weighted by atomic mass is 10.1. The van der Waals surface area contributed by atoms with Crippen molar-refractivity contribution in [3.63, 3.8) is 0 Å². The standard InChI is InChI=1S/C25H36N2O3S/c1-4-5-6-7-16-26-17-19-27(20-18-26)21(2)22-8-12-24(13-9-22)31(28,29)25-14-10-23(30-3)11-15-25/h8-15,21H,4-7,16-20H2,1-3H3. The highest BCUT2D eigenvalue weighted by Gasteiger charge is 2.23. The summed E-state index contributed by atoms with van der Waals surface area (Å²) in [6, 6.07) is 14.2. The fourth-order valence-electron chi connectivity index (χ4n) is 4.16. The first-order valence-electron chi connectivity index (χ1n) is 11.4. The topological polar surface area (TPSA) is 49.9 Å². The molecule has 0 bridgehead atoms. The van der Waals surface area contributed by atoms with E-state index < -0.39 is 9.84 Å². The zero-order valence-corrected chi connectivity index (χ0v) is 19.9.